The lowest BCUT2D eigenvalue weighted by molar-refractivity contribution is 0.407. The van der Waals surface area contributed by atoms with Gasteiger partial charge in [0.25, 0.3) is 5.89 Å². The van der Waals surface area contributed by atoms with Gasteiger partial charge in [0.05, 0.1) is 0 Å². The third kappa shape index (κ3) is 2.95. The Morgan fingerprint density at radius 2 is 1.91 bits per heavy atom. The van der Waals surface area contributed by atoms with Gasteiger partial charge in [0.2, 0.25) is 0 Å². The van der Waals surface area contributed by atoms with Gasteiger partial charge >= 0.3 is 0 Å². The Kier molecular flexibility index (Phi) is 4.07. The van der Waals surface area contributed by atoms with Gasteiger partial charge in [0.1, 0.15) is 0 Å². The molecule has 0 bridgehead atoms. The minimum Gasteiger partial charge on any atom is -0.334 e. The molecule has 0 saturated carbocycles. The molecule has 0 aliphatic heterocycles. The lowest BCUT2D eigenvalue weighted by atomic mass is 10.00. The summed E-state index contributed by atoms with van der Waals surface area (Å²) >= 11 is 6.33. The molecule has 3 nitrogen and oxygen atoms in total. The van der Waals surface area contributed by atoms with Gasteiger partial charge in [0.15, 0.2) is 6.33 Å². The van der Waals surface area contributed by atoms with Crippen molar-refractivity contribution in [3.8, 4) is 0 Å². The van der Waals surface area contributed by atoms with E-state index in [0.29, 0.717) is 10.9 Å². The number of halogens is 1. The molecule has 3 aromatic rings. The molecule has 0 radical (unpaired) electrons. The highest BCUT2D eigenvalue weighted by molar-refractivity contribution is 6.32. The molecule has 0 amide bonds. The molecule has 0 aliphatic rings. The lowest BCUT2D eigenvalue weighted by Crippen LogP contribution is -1.90. The Hall–Kier alpha value is -2.39. The van der Waals surface area contributed by atoms with Crippen LogP contribution in [-0.4, -0.2) is 10.1 Å². The van der Waals surface area contributed by atoms with E-state index in [1.54, 1.807) is 0 Å². The Morgan fingerprint density at radius 1 is 1.09 bits per heavy atom. The Morgan fingerprint density at radius 3 is 2.59 bits per heavy atom. The molecule has 110 valence electrons. The number of benzene rings is 2. The van der Waals surface area contributed by atoms with Crippen LogP contribution in [0.4, 0.5) is 0 Å². The lowest BCUT2D eigenvalue weighted by Gasteiger charge is -2.07. The quantitative estimate of drug-likeness (QED) is 0.644. The monoisotopic (exact) mass is 310 g/mol. The van der Waals surface area contributed by atoms with E-state index >= 15 is 0 Å². The first kappa shape index (κ1) is 14.5. The second kappa shape index (κ2) is 6.16. The predicted octanol–water partition coefficient (Wildman–Crippen LogP) is 4.93. The van der Waals surface area contributed by atoms with Crippen LogP contribution in [-0.2, 0) is 0 Å². The summed E-state index contributed by atoms with van der Waals surface area (Å²) in [7, 11) is 0. The Labute approximate surface area is 134 Å². The normalized spacial score (nSPS) is 11.7. The van der Waals surface area contributed by atoms with E-state index in [0.717, 1.165) is 16.7 Å². The minimum absolute atomic E-state index is 0.450. The van der Waals surface area contributed by atoms with Crippen LogP contribution >= 0.6 is 11.6 Å². The van der Waals surface area contributed by atoms with Crippen LogP contribution in [0.2, 0.25) is 5.02 Å². The third-order valence-corrected chi connectivity index (χ3v) is 3.93. The molecule has 1 heterocycles. The topological polar surface area (TPSA) is 38.9 Å². The minimum atomic E-state index is 0.450. The molecule has 0 fully saturated rings. The fraction of sp³-hybridized carbons (Fsp3) is 0.111. The van der Waals surface area contributed by atoms with E-state index in [9.17, 15) is 0 Å². The van der Waals surface area contributed by atoms with Crippen molar-refractivity contribution < 1.29 is 4.52 Å². The van der Waals surface area contributed by atoms with Crippen molar-refractivity contribution in [1.82, 2.24) is 10.1 Å². The number of nitrogens with zero attached hydrogens (tertiary/aromatic N) is 2. The highest BCUT2D eigenvalue weighted by atomic mass is 35.5. The number of hydrogen-bond donors (Lipinski definition) is 0. The maximum Gasteiger partial charge on any atom is 0.258 e. The first-order valence-corrected chi connectivity index (χ1v) is 7.34. The molecule has 0 aliphatic carbocycles. The highest BCUT2D eigenvalue weighted by Crippen LogP contribution is 2.30. The summed E-state index contributed by atoms with van der Waals surface area (Å²) < 4.78 is 5.24. The van der Waals surface area contributed by atoms with Gasteiger partial charge in [-0.15, -0.1) is 0 Å². The van der Waals surface area contributed by atoms with Crippen molar-refractivity contribution in [2.24, 2.45) is 0 Å². The Bertz CT molecular complexity index is 823. The molecule has 4 heteroatoms. The van der Waals surface area contributed by atoms with Crippen molar-refractivity contribution >= 4 is 23.3 Å². The molecule has 3 rings (SSSR count). The average Bonchev–Trinajstić information content (AvgIpc) is 3.03. The first-order valence-electron chi connectivity index (χ1n) is 6.96. The first-order chi connectivity index (χ1) is 10.6. The van der Waals surface area contributed by atoms with Crippen LogP contribution in [0, 0.1) is 13.8 Å². The van der Waals surface area contributed by atoms with Crippen LogP contribution in [0.1, 0.15) is 28.1 Å². The number of aryl methyl sites for hydroxylation is 2. The molecular formula is C18H15ClN2O. The van der Waals surface area contributed by atoms with Gasteiger partial charge in [-0.1, -0.05) is 53.2 Å². The van der Waals surface area contributed by atoms with Crippen molar-refractivity contribution in [2.45, 2.75) is 13.8 Å². The molecule has 1 aromatic heterocycles. The van der Waals surface area contributed by atoms with E-state index in [4.69, 9.17) is 16.1 Å². The summed E-state index contributed by atoms with van der Waals surface area (Å²) in [4.78, 5) is 4.17. The van der Waals surface area contributed by atoms with E-state index in [2.05, 4.69) is 42.2 Å². The number of rotatable bonds is 3. The van der Waals surface area contributed by atoms with Gasteiger partial charge in [-0.25, -0.2) is 0 Å². The molecule has 0 spiro atoms. The molecule has 22 heavy (non-hydrogen) atoms. The fourth-order valence-corrected chi connectivity index (χ4v) is 2.48. The average molecular weight is 311 g/mol. The van der Waals surface area contributed by atoms with Crippen molar-refractivity contribution in [3.63, 3.8) is 0 Å². The third-order valence-electron chi connectivity index (χ3n) is 3.60. The van der Waals surface area contributed by atoms with Gasteiger partial charge in [-0.05, 0) is 42.7 Å². The fourth-order valence-electron chi connectivity index (χ4n) is 2.25. The van der Waals surface area contributed by atoms with Crippen molar-refractivity contribution in [2.75, 3.05) is 0 Å². The van der Waals surface area contributed by atoms with Crippen LogP contribution in [0.15, 0.2) is 53.3 Å². The number of hydrogen-bond acceptors (Lipinski definition) is 3. The zero-order valence-corrected chi connectivity index (χ0v) is 13.1. The summed E-state index contributed by atoms with van der Waals surface area (Å²) in [6.07, 6.45) is 3.40. The predicted molar refractivity (Wildman–Crippen MR) is 88.6 cm³/mol. The maximum atomic E-state index is 6.33. The molecule has 2 aromatic carbocycles. The largest absolute Gasteiger partial charge is 0.334 e. The van der Waals surface area contributed by atoms with Crippen LogP contribution in [0.3, 0.4) is 0 Å². The van der Waals surface area contributed by atoms with Crippen molar-refractivity contribution in [3.05, 3.63) is 82.0 Å². The Balaban J connectivity index is 2.16. The standard InChI is InChI=1S/C18H15ClN2O/c1-12-7-8-14(9-13(12)2)10-16(18-20-11-21-22-18)15-5-3-4-6-17(15)19/h3-11H,1-2H3/b16-10+. The molecular weight excluding hydrogens is 296 g/mol. The summed E-state index contributed by atoms with van der Waals surface area (Å²) in [5.74, 6) is 0.450. The second-order valence-electron chi connectivity index (χ2n) is 5.13. The zero-order valence-electron chi connectivity index (χ0n) is 12.4. The van der Waals surface area contributed by atoms with Crippen LogP contribution in [0.5, 0.6) is 0 Å². The maximum absolute atomic E-state index is 6.33. The van der Waals surface area contributed by atoms with Crippen LogP contribution < -0.4 is 0 Å². The van der Waals surface area contributed by atoms with E-state index in [-0.39, 0.29) is 0 Å². The van der Waals surface area contributed by atoms with Gasteiger partial charge in [-0.2, -0.15) is 4.98 Å². The van der Waals surface area contributed by atoms with E-state index in [1.807, 2.05) is 30.3 Å². The van der Waals surface area contributed by atoms with E-state index < -0.39 is 0 Å². The smallest absolute Gasteiger partial charge is 0.258 e. The summed E-state index contributed by atoms with van der Waals surface area (Å²) in [5, 5.41) is 4.35. The van der Waals surface area contributed by atoms with Gasteiger partial charge in [0, 0.05) is 16.2 Å². The van der Waals surface area contributed by atoms with Crippen molar-refractivity contribution in [1.29, 1.82) is 0 Å². The summed E-state index contributed by atoms with van der Waals surface area (Å²) in [6.45, 7) is 4.18. The summed E-state index contributed by atoms with van der Waals surface area (Å²) in [6, 6.07) is 13.9. The number of aromatic nitrogens is 2. The summed E-state index contributed by atoms with van der Waals surface area (Å²) in [5.41, 5.74) is 5.24. The second-order valence-corrected chi connectivity index (χ2v) is 5.54. The molecule has 0 N–H and O–H groups in total. The molecule has 0 saturated heterocycles. The van der Waals surface area contributed by atoms with Gasteiger partial charge < -0.3 is 4.52 Å². The SMILES string of the molecule is Cc1ccc(/C=C(/c2ncno2)c2ccccc2Cl)cc1C. The molecule has 0 unspecified atom stereocenters. The van der Waals surface area contributed by atoms with E-state index in [1.165, 1.54) is 17.5 Å². The van der Waals surface area contributed by atoms with Crippen LogP contribution in [0.25, 0.3) is 11.6 Å². The zero-order chi connectivity index (χ0) is 15.5. The molecule has 0 atom stereocenters. The highest BCUT2D eigenvalue weighted by Gasteiger charge is 2.14. The van der Waals surface area contributed by atoms with Gasteiger partial charge in [-0.3, -0.25) is 0 Å².